The Labute approximate surface area is 164 Å². The first-order valence-electron chi connectivity index (χ1n) is 9.51. The number of hydrogen-bond acceptors (Lipinski definition) is 5. The summed E-state index contributed by atoms with van der Waals surface area (Å²) in [6, 6.07) is 4.99. The van der Waals surface area contributed by atoms with Crippen LogP contribution < -0.4 is 14.8 Å². The van der Waals surface area contributed by atoms with Crippen LogP contribution in [-0.2, 0) is 16.1 Å². The second kappa shape index (κ2) is 8.08. The molecule has 1 heterocycles. The van der Waals surface area contributed by atoms with Gasteiger partial charge in [0.2, 0.25) is 5.91 Å². The van der Waals surface area contributed by atoms with Crippen molar-refractivity contribution in [2.45, 2.75) is 44.2 Å². The van der Waals surface area contributed by atoms with E-state index in [1.807, 2.05) is 6.07 Å². The molecule has 2 fully saturated rings. The van der Waals surface area contributed by atoms with Gasteiger partial charge in [0.15, 0.2) is 11.5 Å². The molecule has 4 amide bonds. The third-order valence-corrected chi connectivity index (χ3v) is 5.75. The van der Waals surface area contributed by atoms with Crippen LogP contribution in [0.15, 0.2) is 18.2 Å². The molecule has 0 aromatic heterocycles. The van der Waals surface area contributed by atoms with Gasteiger partial charge >= 0.3 is 6.03 Å². The van der Waals surface area contributed by atoms with E-state index in [9.17, 15) is 14.4 Å². The number of benzene rings is 1. The normalized spacial score (nSPS) is 18.5. The van der Waals surface area contributed by atoms with Gasteiger partial charge in [-0.05, 0) is 18.9 Å². The van der Waals surface area contributed by atoms with E-state index in [-0.39, 0.29) is 19.0 Å². The fraction of sp³-hybridized carbons (Fsp3) is 0.550. The zero-order valence-electron chi connectivity index (χ0n) is 16.6. The summed E-state index contributed by atoms with van der Waals surface area (Å²) in [6.45, 7) is -0.0769. The number of rotatable bonds is 6. The molecule has 1 aliphatic carbocycles. The molecule has 28 heavy (non-hydrogen) atoms. The molecule has 0 atom stereocenters. The second-order valence-electron chi connectivity index (χ2n) is 7.25. The predicted octanol–water partition coefficient (Wildman–Crippen LogP) is 1.92. The van der Waals surface area contributed by atoms with E-state index in [4.69, 9.17) is 9.47 Å². The average molecular weight is 389 g/mol. The van der Waals surface area contributed by atoms with E-state index >= 15 is 0 Å². The van der Waals surface area contributed by atoms with Crippen LogP contribution in [0.25, 0.3) is 0 Å². The number of likely N-dealkylation sites (N-methyl/N-ethyl adjacent to an activating group) is 1. The molecule has 0 radical (unpaired) electrons. The third kappa shape index (κ3) is 3.39. The third-order valence-electron chi connectivity index (χ3n) is 5.75. The number of hydrogen-bond donors (Lipinski definition) is 1. The van der Waals surface area contributed by atoms with Gasteiger partial charge in [-0.2, -0.15) is 0 Å². The number of methoxy groups -OCH3 is 2. The zero-order chi connectivity index (χ0) is 20.3. The number of urea groups is 1. The lowest BCUT2D eigenvalue weighted by Gasteiger charge is -2.35. The van der Waals surface area contributed by atoms with E-state index in [0.717, 1.165) is 29.7 Å². The van der Waals surface area contributed by atoms with Crippen molar-refractivity contribution >= 4 is 17.8 Å². The van der Waals surface area contributed by atoms with Gasteiger partial charge < -0.3 is 19.7 Å². The Morgan fingerprint density at radius 1 is 1.14 bits per heavy atom. The number of nitrogens with zero attached hydrogens (tertiary/aromatic N) is 2. The highest BCUT2D eigenvalue weighted by atomic mass is 16.5. The van der Waals surface area contributed by atoms with Crippen LogP contribution >= 0.6 is 0 Å². The van der Waals surface area contributed by atoms with Crippen LogP contribution in [0.5, 0.6) is 11.5 Å². The Bertz CT molecular complexity index is 773. The van der Waals surface area contributed by atoms with E-state index in [2.05, 4.69) is 5.32 Å². The minimum absolute atomic E-state index is 0.205. The smallest absolute Gasteiger partial charge is 0.327 e. The number of carbonyl (C=O) groups is 3. The monoisotopic (exact) mass is 389 g/mol. The molecule has 3 rings (SSSR count). The van der Waals surface area contributed by atoms with Crippen molar-refractivity contribution in [3.63, 3.8) is 0 Å². The quantitative estimate of drug-likeness (QED) is 0.751. The fourth-order valence-corrected chi connectivity index (χ4v) is 4.16. The zero-order valence-corrected chi connectivity index (χ0v) is 16.6. The Hall–Kier alpha value is -2.77. The van der Waals surface area contributed by atoms with E-state index in [0.29, 0.717) is 24.3 Å². The predicted molar refractivity (Wildman–Crippen MR) is 102 cm³/mol. The van der Waals surface area contributed by atoms with Crippen molar-refractivity contribution in [2.75, 3.05) is 27.8 Å². The van der Waals surface area contributed by atoms with Gasteiger partial charge in [0.1, 0.15) is 12.1 Å². The summed E-state index contributed by atoms with van der Waals surface area (Å²) < 4.78 is 10.6. The van der Waals surface area contributed by atoms with Gasteiger partial charge in [0.25, 0.3) is 5.91 Å². The molecular weight excluding hydrogens is 362 g/mol. The summed E-state index contributed by atoms with van der Waals surface area (Å²) in [4.78, 5) is 40.6. The number of ether oxygens (including phenoxy) is 2. The van der Waals surface area contributed by atoms with Crippen molar-refractivity contribution in [1.82, 2.24) is 15.1 Å². The Morgan fingerprint density at radius 3 is 2.50 bits per heavy atom. The molecule has 2 aliphatic rings. The van der Waals surface area contributed by atoms with Crippen molar-refractivity contribution in [1.29, 1.82) is 0 Å². The molecule has 1 aromatic rings. The molecule has 1 saturated carbocycles. The minimum atomic E-state index is -0.772. The van der Waals surface area contributed by atoms with Crippen LogP contribution in [0.4, 0.5) is 4.79 Å². The maximum absolute atomic E-state index is 12.9. The van der Waals surface area contributed by atoms with Crippen LogP contribution in [-0.4, -0.2) is 61.0 Å². The molecule has 8 nitrogen and oxygen atoms in total. The fourth-order valence-electron chi connectivity index (χ4n) is 4.16. The van der Waals surface area contributed by atoms with Gasteiger partial charge in [-0.1, -0.05) is 31.4 Å². The summed E-state index contributed by atoms with van der Waals surface area (Å²) in [5, 5.41) is 2.76. The number of imide groups is 1. The van der Waals surface area contributed by atoms with Gasteiger partial charge in [-0.3, -0.25) is 14.5 Å². The maximum Gasteiger partial charge on any atom is 0.327 e. The molecule has 1 aromatic carbocycles. The summed E-state index contributed by atoms with van der Waals surface area (Å²) in [5.74, 6) is 0.459. The van der Waals surface area contributed by atoms with Gasteiger partial charge in [0.05, 0.1) is 14.2 Å². The SMILES string of the molecule is COc1cccc(CNC(=O)CN2C(=O)N(C)C3(CCCCC3)C2=O)c1OC. The van der Waals surface area contributed by atoms with E-state index in [1.54, 1.807) is 26.3 Å². The lowest BCUT2D eigenvalue weighted by atomic mass is 9.81. The van der Waals surface area contributed by atoms with Crippen molar-refractivity contribution in [3.05, 3.63) is 23.8 Å². The highest BCUT2D eigenvalue weighted by Crippen LogP contribution is 2.39. The lowest BCUT2D eigenvalue weighted by molar-refractivity contribution is -0.137. The van der Waals surface area contributed by atoms with Crippen molar-refractivity contribution < 1.29 is 23.9 Å². The van der Waals surface area contributed by atoms with Crippen LogP contribution in [0.1, 0.15) is 37.7 Å². The van der Waals surface area contributed by atoms with Gasteiger partial charge in [-0.25, -0.2) is 4.79 Å². The molecule has 8 heteroatoms. The van der Waals surface area contributed by atoms with Gasteiger partial charge in [0, 0.05) is 19.2 Å². The first-order chi connectivity index (χ1) is 13.4. The van der Waals surface area contributed by atoms with Crippen molar-refractivity contribution in [3.8, 4) is 11.5 Å². The summed E-state index contributed by atoms with van der Waals surface area (Å²) in [5.41, 5.74) is -0.0267. The average Bonchev–Trinajstić information content (AvgIpc) is 2.88. The Kier molecular flexibility index (Phi) is 5.76. The van der Waals surface area contributed by atoms with E-state index in [1.165, 1.54) is 12.0 Å². The number of amides is 4. The largest absolute Gasteiger partial charge is 0.493 e. The van der Waals surface area contributed by atoms with Crippen LogP contribution in [0, 0.1) is 0 Å². The highest BCUT2D eigenvalue weighted by Gasteiger charge is 2.55. The Balaban J connectivity index is 1.65. The second-order valence-corrected chi connectivity index (χ2v) is 7.25. The first-order valence-corrected chi connectivity index (χ1v) is 9.51. The molecular formula is C20H27N3O5. The van der Waals surface area contributed by atoms with Crippen LogP contribution in [0.2, 0.25) is 0 Å². The topological polar surface area (TPSA) is 88.2 Å². The lowest BCUT2D eigenvalue weighted by Crippen LogP contribution is -2.49. The summed E-state index contributed by atoms with van der Waals surface area (Å²) in [6.07, 6.45) is 4.22. The molecule has 0 unspecified atom stereocenters. The molecule has 1 N–H and O–H groups in total. The molecule has 0 bridgehead atoms. The summed E-state index contributed by atoms with van der Waals surface area (Å²) >= 11 is 0. The van der Waals surface area contributed by atoms with Crippen LogP contribution in [0.3, 0.4) is 0 Å². The number of nitrogens with one attached hydrogen (secondary N) is 1. The highest BCUT2D eigenvalue weighted by molar-refractivity contribution is 6.08. The maximum atomic E-state index is 12.9. The minimum Gasteiger partial charge on any atom is -0.493 e. The molecule has 1 spiro atoms. The number of carbonyl (C=O) groups excluding carboxylic acids is 3. The van der Waals surface area contributed by atoms with Crippen molar-refractivity contribution in [2.24, 2.45) is 0 Å². The number of para-hydroxylation sites is 1. The Morgan fingerprint density at radius 2 is 1.86 bits per heavy atom. The summed E-state index contributed by atoms with van der Waals surface area (Å²) in [7, 11) is 4.73. The molecule has 152 valence electrons. The standard InChI is InChI=1S/C20H27N3O5/c1-22-19(26)23(18(25)20(22)10-5-4-6-11-20)13-16(24)21-12-14-8-7-9-15(27-2)17(14)28-3/h7-9H,4-6,10-13H2,1-3H3,(H,21,24). The van der Waals surface area contributed by atoms with Gasteiger partial charge in [-0.15, -0.1) is 0 Å². The molecule has 1 saturated heterocycles. The first kappa shape index (κ1) is 20.0. The molecule has 1 aliphatic heterocycles. The van der Waals surface area contributed by atoms with E-state index < -0.39 is 17.5 Å².